The monoisotopic (exact) mass is 310 g/mol. The Morgan fingerprint density at radius 3 is 2.38 bits per heavy atom. The van der Waals surface area contributed by atoms with Gasteiger partial charge in [0.05, 0.1) is 6.04 Å². The Kier molecular flexibility index (Phi) is 7.20. The molecule has 2 rings (SSSR count). The van der Waals surface area contributed by atoms with E-state index in [2.05, 4.69) is 38.1 Å². The highest BCUT2D eigenvalue weighted by Crippen LogP contribution is 2.28. The normalized spacial score (nSPS) is 18.7. The molecule has 1 aliphatic rings. The Bertz CT molecular complexity index is 430. The lowest BCUT2D eigenvalue weighted by Crippen LogP contribution is -2.49. The van der Waals surface area contributed by atoms with Gasteiger partial charge in [-0.25, -0.2) is 0 Å². The number of likely N-dealkylation sites (tertiary alicyclic amines) is 1. The summed E-state index contributed by atoms with van der Waals surface area (Å²) in [4.78, 5) is 14.3. The number of nitrogens with zero attached hydrogens (tertiary/aromatic N) is 1. The number of carbonyl (C=O) groups excluding carboxylic acids is 1. The van der Waals surface area contributed by atoms with Crippen molar-refractivity contribution in [3.05, 3.63) is 35.9 Å². The molecule has 0 spiro atoms. The molecule has 1 saturated heterocycles. The second-order valence-corrected chi connectivity index (χ2v) is 5.92. The summed E-state index contributed by atoms with van der Waals surface area (Å²) in [5.41, 5.74) is 7.45. The quantitative estimate of drug-likeness (QED) is 0.928. The van der Waals surface area contributed by atoms with Crippen LogP contribution >= 0.6 is 12.4 Å². The molecule has 1 aliphatic heterocycles. The predicted octanol–water partition coefficient (Wildman–Crippen LogP) is 3.19. The van der Waals surface area contributed by atoms with Crippen LogP contribution in [0.1, 0.15) is 44.6 Å². The fraction of sp³-hybridized carbons (Fsp3) is 0.588. The summed E-state index contributed by atoms with van der Waals surface area (Å²) in [6.45, 7) is 5.81. The van der Waals surface area contributed by atoms with E-state index in [1.165, 1.54) is 5.56 Å². The predicted molar refractivity (Wildman–Crippen MR) is 89.7 cm³/mol. The molecule has 3 nitrogen and oxygen atoms in total. The number of piperidine rings is 1. The third-order valence-electron chi connectivity index (χ3n) is 4.62. The van der Waals surface area contributed by atoms with E-state index in [4.69, 9.17) is 5.73 Å². The third kappa shape index (κ3) is 4.45. The van der Waals surface area contributed by atoms with Crippen LogP contribution in [0.3, 0.4) is 0 Å². The van der Waals surface area contributed by atoms with Crippen molar-refractivity contribution in [1.82, 2.24) is 4.90 Å². The van der Waals surface area contributed by atoms with E-state index in [1.807, 2.05) is 11.0 Å². The van der Waals surface area contributed by atoms with E-state index in [1.54, 1.807) is 0 Å². The Hall–Kier alpha value is -1.06. The second kappa shape index (κ2) is 8.40. The molecule has 1 aromatic rings. The summed E-state index contributed by atoms with van der Waals surface area (Å²) < 4.78 is 0. The van der Waals surface area contributed by atoms with Crippen LogP contribution in [0.25, 0.3) is 0 Å². The minimum atomic E-state index is -0.340. The fourth-order valence-corrected chi connectivity index (χ4v) is 2.87. The van der Waals surface area contributed by atoms with E-state index in [0.717, 1.165) is 32.4 Å². The number of rotatable bonds is 4. The molecule has 1 fully saturated rings. The van der Waals surface area contributed by atoms with E-state index in [-0.39, 0.29) is 30.3 Å². The fourth-order valence-electron chi connectivity index (χ4n) is 2.87. The van der Waals surface area contributed by atoms with Crippen molar-refractivity contribution in [1.29, 1.82) is 0 Å². The van der Waals surface area contributed by atoms with E-state index in [0.29, 0.717) is 5.92 Å². The van der Waals surface area contributed by atoms with Crippen molar-refractivity contribution >= 4 is 18.3 Å². The maximum absolute atomic E-state index is 12.3. The van der Waals surface area contributed by atoms with Crippen molar-refractivity contribution in [2.75, 3.05) is 13.1 Å². The molecule has 2 N–H and O–H groups in total. The van der Waals surface area contributed by atoms with E-state index in [9.17, 15) is 4.79 Å². The average Bonchev–Trinajstić information content (AvgIpc) is 2.53. The zero-order valence-corrected chi connectivity index (χ0v) is 13.8. The number of benzene rings is 1. The summed E-state index contributed by atoms with van der Waals surface area (Å²) in [5.74, 6) is 0.972. The molecular weight excluding hydrogens is 284 g/mol. The molecule has 1 amide bonds. The average molecular weight is 311 g/mol. The molecule has 2 atom stereocenters. The second-order valence-electron chi connectivity index (χ2n) is 5.92. The first-order valence-electron chi connectivity index (χ1n) is 7.72. The summed E-state index contributed by atoms with van der Waals surface area (Å²) in [6, 6.07) is 10.3. The zero-order chi connectivity index (χ0) is 14.5. The number of hydrogen-bond donors (Lipinski definition) is 1. The van der Waals surface area contributed by atoms with Gasteiger partial charge in [-0.3, -0.25) is 4.79 Å². The number of nitrogens with two attached hydrogens (primary N) is 1. The summed E-state index contributed by atoms with van der Waals surface area (Å²) >= 11 is 0. The van der Waals surface area contributed by atoms with Crippen molar-refractivity contribution in [2.45, 2.75) is 45.1 Å². The van der Waals surface area contributed by atoms with Gasteiger partial charge in [0, 0.05) is 13.1 Å². The van der Waals surface area contributed by atoms with Crippen LogP contribution in [-0.2, 0) is 4.79 Å². The largest absolute Gasteiger partial charge is 0.341 e. The van der Waals surface area contributed by atoms with Crippen molar-refractivity contribution in [2.24, 2.45) is 11.7 Å². The molecule has 0 saturated carbocycles. The first-order chi connectivity index (χ1) is 9.63. The van der Waals surface area contributed by atoms with Gasteiger partial charge in [-0.2, -0.15) is 0 Å². The van der Waals surface area contributed by atoms with Gasteiger partial charge in [-0.1, -0.05) is 50.6 Å². The summed E-state index contributed by atoms with van der Waals surface area (Å²) in [6.07, 6.45) is 3.04. The molecule has 118 valence electrons. The van der Waals surface area contributed by atoms with Crippen LogP contribution < -0.4 is 5.73 Å². The van der Waals surface area contributed by atoms with Gasteiger partial charge in [-0.15, -0.1) is 12.4 Å². The number of halogens is 1. The molecule has 1 aromatic carbocycles. The molecule has 1 heterocycles. The van der Waals surface area contributed by atoms with Gasteiger partial charge < -0.3 is 10.6 Å². The number of amides is 1. The Morgan fingerprint density at radius 1 is 1.29 bits per heavy atom. The SMILES string of the molecule is CCC(C)C(N)C(=O)N1CCC(c2ccccc2)CC1.Cl. The molecule has 0 aromatic heterocycles. The van der Waals surface area contributed by atoms with Gasteiger partial charge in [0.25, 0.3) is 0 Å². The first kappa shape index (κ1) is 18.0. The van der Waals surface area contributed by atoms with Crippen molar-refractivity contribution in [3.63, 3.8) is 0 Å². The maximum Gasteiger partial charge on any atom is 0.239 e. The highest BCUT2D eigenvalue weighted by molar-refractivity contribution is 5.85. The summed E-state index contributed by atoms with van der Waals surface area (Å²) in [7, 11) is 0. The minimum absolute atomic E-state index is 0. The lowest BCUT2D eigenvalue weighted by molar-refractivity contribution is -0.134. The highest BCUT2D eigenvalue weighted by Gasteiger charge is 2.28. The van der Waals surface area contributed by atoms with Crippen LogP contribution in [0.2, 0.25) is 0 Å². The molecule has 0 radical (unpaired) electrons. The van der Waals surface area contributed by atoms with E-state index < -0.39 is 0 Å². The van der Waals surface area contributed by atoms with Crippen LogP contribution in [0, 0.1) is 5.92 Å². The Balaban J connectivity index is 0.00000220. The Morgan fingerprint density at radius 2 is 1.86 bits per heavy atom. The topological polar surface area (TPSA) is 46.3 Å². The number of carbonyl (C=O) groups is 1. The molecule has 4 heteroatoms. The summed E-state index contributed by atoms with van der Waals surface area (Å²) in [5, 5.41) is 0. The van der Waals surface area contributed by atoms with Crippen molar-refractivity contribution < 1.29 is 4.79 Å². The molecule has 0 bridgehead atoms. The zero-order valence-electron chi connectivity index (χ0n) is 13.0. The lowest BCUT2D eigenvalue weighted by atomic mass is 9.89. The highest BCUT2D eigenvalue weighted by atomic mass is 35.5. The van der Waals surface area contributed by atoms with E-state index >= 15 is 0 Å². The Labute approximate surface area is 134 Å². The van der Waals surface area contributed by atoms with Crippen LogP contribution in [0.4, 0.5) is 0 Å². The molecule has 0 aliphatic carbocycles. The standard InChI is InChI=1S/C17H26N2O.ClH/c1-3-13(2)16(18)17(20)19-11-9-15(10-12-19)14-7-5-4-6-8-14;/h4-8,13,15-16H,3,9-12,18H2,1-2H3;1H. The minimum Gasteiger partial charge on any atom is -0.341 e. The van der Waals surface area contributed by atoms with Crippen LogP contribution in [0.5, 0.6) is 0 Å². The van der Waals surface area contributed by atoms with Gasteiger partial charge >= 0.3 is 0 Å². The molecule has 21 heavy (non-hydrogen) atoms. The van der Waals surface area contributed by atoms with Gasteiger partial charge in [0.2, 0.25) is 5.91 Å². The van der Waals surface area contributed by atoms with Crippen LogP contribution in [-0.4, -0.2) is 29.9 Å². The van der Waals surface area contributed by atoms with Gasteiger partial charge in [-0.05, 0) is 30.2 Å². The third-order valence-corrected chi connectivity index (χ3v) is 4.62. The van der Waals surface area contributed by atoms with Gasteiger partial charge in [0.15, 0.2) is 0 Å². The number of hydrogen-bond acceptors (Lipinski definition) is 2. The lowest BCUT2D eigenvalue weighted by Gasteiger charge is -2.34. The van der Waals surface area contributed by atoms with Gasteiger partial charge in [0.1, 0.15) is 0 Å². The van der Waals surface area contributed by atoms with Crippen LogP contribution in [0.15, 0.2) is 30.3 Å². The molecule has 2 unspecified atom stereocenters. The smallest absolute Gasteiger partial charge is 0.239 e. The maximum atomic E-state index is 12.3. The van der Waals surface area contributed by atoms with Crippen molar-refractivity contribution in [3.8, 4) is 0 Å². The molecular formula is C17H27ClN2O. The first-order valence-corrected chi connectivity index (χ1v) is 7.72.